The van der Waals surface area contributed by atoms with Crippen molar-refractivity contribution in [1.82, 2.24) is 0 Å². The summed E-state index contributed by atoms with van der Waals surface area (Å²) in [5.74, 6) is -0.773. The van der Waals surface area contributed by atoms with Gasteiger partial charge in [-0.2, -0.15) is 12.5 Å². The summed E-state index contributed by atoms with van der Waals surface area (Å²) in [5.41, 5.74) is 0. The van der Waals surface area contributed by atoms with Gasteiger partial charge in [0.05, 0.1) is 0 Å². The van der Waals surface area contributed by atoms with Crippen molar-refractivity contribution in [2.24, 2.45) is 0 Å². The third-order valence-electron chi connectivity index (χ3n) is 2.49. The van der Waals surface area contributed by atoms with Gasteiger partial charge in [-0.3, -0.25) is 11.4 Å². The quantitative estimate of drug-likeness (QED) is 0.217. The molecule has 0 heterocycles. The van der Waals surface area contributed by atoms with Gasteiger partial charge >= 0.3 is 5.97 Å². The van der Waals surface area contributed by atoms with E-state index in [1.807, 2.05) is 12.2 Å². The van der Waals surface area contributed by atoms with E-state index >= 15 is 0 Å². The molecule has 0 fully saturated rings. The van der Waals surface area contributed by atoms with E-state index in [0.717, 1.165) is 12.8 Å². The van der Waals surface area contributed by atoms with E-state index in [9.17, 15) is 4.79 Å². The number of carboxylic acid groups (broad SMARTS) is 1. The van der Waals surface area contributed by atoms with Gasteiger partial charge in [0.2, 0.25) is 0 Å². The first-order valence-electron chi connectivity index (χ1n) is 7.70. The molecule has 1 N–H and O–H groups in total. The van der Waals surface area contributed by atoms with Crippen molar-refractivity contribution in [1.29, 1.82) is 0 Å². The van der Waals surface area contributed by atoms with E-state index in [1.165, 1.54) is 25.7 Å². The first-order valence-corrected chi connectivity index (χ1v) is 7.70. The van der Waals surface area contributed by atoms with Crippen molar-refractivity contribution in [3.8, 4) is 0 Å². The van der Waals surface area contributed by atoms with Gasteiger partial charge in [0.25, 0.3) is 0 Å². The smallest absolute Gasteiger partial charge is 0.300 e. The van der Waals surface area contributed by atoms with E-state index in [2.05, 4.69) is 38.2 Å². The first-order chi connectivity index (χ1) is 10.2. The Kier molecular flexibility index (Phi) is 30.6. The molecule has 22 heavy (non-hydrogen) atoms. The standard InChI is InChI=1S/C15H23.C4H7O2.Y/c1-3-5-7-9-11-13-15-14-12-10-8-6-4-2;1-2-3-4(5)6;/h1,3,5,7,11-14H,4,6,8-10,15H2,2H3;1-3H2,(H,5,6);/q2*-1;/b7-5-,13-11-,14-12-;;. The monoisotopic (exact) mass is 379 g/mol. The van der Waals surface area contributed by atoms with Crippen LogP contribution in [-0.4, -0.2) is 11.1 Å². The fourth-order valence-corrected chi connectivity index (χ4v) is 1.38. The summed E-state index contributed by atoms with van der Waals surface area (Å²) in [6, 6.07) is 0. The number of hydrogen-bond acceptors (Lipinski definition) is 1. The van der Waals surface area contributed by atoms with E-state index in [1.54, 1.807) is 6.08 Å². The van der Waals surface area contributed by atoms with Crippen molar-refractivity contribution < 1.29 is 42.6 Å². The molecule has 0 aliphatic rings. The Balaban J connectivity index is -0.000000439. The van der Waals surface area contributed by atoms with Crippen molar-refractivity contribution in [3.05, 3.63) is 56.0 Å². The minimum absolute atomic E-state index is 0. The maximum atomic E-state index is 9.56. The molecule has 1 radical (unpaired) electrons. The van der Waals surface area contributed by atoms with Crippen molar-refractivity contribution in [2.45, 2.75) is 58.3 Å². The summed E-state index contributed by atoms with van der Waals surface area (Å²) in [6.07, 6.45) is 22.2. The van der Waals surface area contributed by atoms with Crippen molar-refractivity contribution in [2.75, 3.05) is 0 Å². The molecule has 0 aromatic rings. The average molecular weight is 379 g/mol. The van der Waals surface area contributed by atoms with E-state index in [0.29, 0.717) is 6.42 Å². The van der Waals surface area contributed by atoms with Gasteiger partial charge < -0.3 is 12.0 Å². The zero-order valence-corrected chi connectivity index (χ0v) is 16.8. The molecular formula is C19H30O2Y-2. The zero-order valence-electron chi connectivity index (χ0n) is 13.9. The van der Waals surface area contributed by atoms with Crippen molar-refractivity contribution in [3.63, 3.8) is 0 Å². The molecule has 0 aliphatic heterocycles. The fraction of sp³-hybridized carbons (Fsp3) is 0.474. The summed E-state index contributed by atoms with van der Waals surface area (Å²) in [7, 11) is 0. The van der Waals surface area contributed by atoms with Crippen LogP contribution >= 0.6 is 0 Å². The van der Waals surface area contributed by atoms with Gasteiger partial charge in [0, 0.05) is 39.1 Å². The van der Waals surface area contributed by atoms with Crippen LogP contribution in [0.3, 0.4) is 0 Å². The molecule has 2 nitrogen and oxygen atoms in total. The van der Waals surface area contributed by atoms with Crippen molar-refractivity contribution >= 4 is 5.97 Å². The van der Waals surface area contributed by atoms with Crippen LogP contribution in [0.1, 0.15) is 58.3 Å². The number of hydrogen-bond donors (Lipinski definition) is 1. The van der Waals surface area contributed by atoms with Crippen LogP contribution in [-0.2, 0) is 37.5 Å². The molecule has 0 aliphatic carbocycles. The Hall–Kier alpha value is -0.466. The Morgan fingerprint density at radius 2 is 1.68 bits per heavy atom. The molecule has 0 atom stereocenters. The molecule has 0 saturated heterocycles. The molecule has 0 aromatic carbocycles. The van der Waals surface area contributed by atoms with Crippen LogP contribution in [0, 0.1) is 13.5 Å². The SMILES string of the molecule is [CH-]=C/C=C\C/C=C\C/C=C\CCCCC.[CH2-]CCC(=O)O.[Y]. The molecule has 0 bridgehead atoms. The van der Waals surface area contributed by atoms with Gasteiger partial charge in [-0.15, -0.1) is 0 Å². The van der Waals surface area contributed by atoms with Gasteiger partial charge in [-0.05, 0) is 25.7 Å². The van der Waals surface area contributed by atoms with Crippen LogP contribution in [0.4, 0.5) is 0 Å². The van der Waals surface area contributed by atoms with Gasteiger partial charge in [0.1, 0.15) is 0 Å². The predicted octanol–water partition coefficient (Wildman–Crippen LogP) is 5.69. The number of unbranched alkanes of at least 4 members (excludes halogenated alkanes) is 3. The first kappa shape index (κ1) is 26.4. The summed E-state index contributed by atoms with van der Waals surface area (Å²) < 4.78 is 0. The van der Waals surface area contributed by atoms with E-state index < -0.39 is 5.97 Å². The van der Waals surface area contributed by atoms with Crippen LogP contribution in [0.25, 0.3) is 0 Å². The minimum Gasteiger partial charge on any atom is -0.481 e. The van der Waals surface area contributed by atoms with Crippen LogP contribution in [0.2, 0.25) is 0 Å². The minimum atomic E-state index is -0.773. The number of aliphatic carboxylic acids is 1. The second kappa shape index (κ2) is 25.5. The Morgan fingerprint density at radius 1 is 1.09 bits per heavy atom. The average Bonchev–Trinajstić information content (AvgIpc) is 2.45. The number of carbonyl (C=O) groups is 1. The fourth-order valence-electron chi connectivity index (χ4n) is 1.38. The normalized spacial score (nSPS) is 10.5. The van der Waals surface area contributed by atoms with Crippen LogP contribution in [0.5, 0.6) is 0 Å². The molecule has 3 heteroatoms. The van der Waals surface area contributed by atoms with E-state index in [4.69, 9.17) is 11.7 Å². The number of carboxylic acids is 1. The summed E-state index contributed by atoms with van der Waals surface area (Å²) in [4.78, 5) is 9.56. The second-order valence-corrected chi connectivity index (χ2v) is 4.53. The predicted molar refractivity (Wildman–Crippen MR) is 91.9 cm³/mol. The Morgan fingerprint density at radius 3 is 2.14 bits per heavy atom. The maximum absolute atomic E-state index is 9.56. The summed E-state index contributed by atoms with van der Waals surface area (Å²) in [6.45, 7) is 10.8. The van der Waals surface area contributed by atoms with Gasteiger partial charge in [0.15, 0.2) is 0 Å². The Bertz CT molecular complexity index is 317. The molecule has 0 saturated carbocycles. The largest absolute Gasteiger partial charge is 0.481 e. The van der Waals surface area contributed by atoms with Crippen LogP contribution < -0.4 is 0 Å². The number of allylic oxidation sites excluding steroid dienone is 7. The molecule has 123 valence electrons. The van der Waals surface area contributed by atoms with Gasteiger partial charge in [-0.25, -0.2) is 12.2 Å². The molecular weight excluding hydrogens is 349 g/mol. The molecule has 0 rings (SSSR count). The maximum Gasteiger partial charge on any atom is 0.300 e. The Labute approximate surface area is 162 Å². The summed E-state index contributed by atoms with van der Waals surface area (Å²) >= 11 is 0. The third kappa shape index (κ3) is 31.8. The topological polar surface area (TPSA) is 37.3 Å². The third-order valence-corrected chi connectivity index (χ3v) is 2.49. The molecule has 0 aromatic heterocycles. The molecule has 0 amide bonds. The molecule has 0 unspecified atom stereocenters. The van der Waals surface area contributed by atoms with E-state index in [-0.39, 0.29) is 39.1 Å². The second-order valence-electron chi connectivity index (χ2n) is 4.53. The number of rotatable bonds is 11. The molecule has 0 spiro atoms. The summed E-state index contributed by atoms with van der Waals surface area (Å²) in [5, 5.41) is 7.87. The van der Waals surface area contributed by atoms with Crippen LogP contribution in [0.15, 0.2) is 42.5 Å². The zero-order chi connectivity index (χ0) is 16.2. The van der Waals surface area contributed by atoms with Gasteiger partial charge in [-0.1, -0.05) is 44.1 Å².